The molecule has 0 aliphatic carbocycles. The molecule has 1 N–H and O–H groups in total. The van der Waals surface area contributed by atoms with Crippen molar-refractivity contribution in [3.8, 4) is 11.3 Å². The van der Waals surface area contributed by atoms with E-state index in [4.69, 9.17) is 10.1 Å². The number of carbonyl (C=O) groups is 1. The molecule has 0 saturated carbocycles. The Kier molecular flexibility index (Phi) is 10.3. The van der Waals surface area contributed by atoms with Crippen LogP contribution in [0.5, 0.6) is 0 Å². The summed E-state index contributed by atoms with van der Waals surface area (Å²) in [6.45, 7) is 4.94. The van der Waals surface area contributed by atoms with Gasteiger partial charge in [-0.15, -0.1) is 35.9 Å². The molecular weight excluding hydrogens is 502 g/mol. The van der Waals surface area contributed by atoms with Gasteiger partial charge in [-0.2, -0.15) is 0 Å². The molecule has 0 unspecified atom stereocenters. The first-order valence-corrected chi connectivity index (χ1v) is 7.68. The summed E-state index contributed by atoms with van der Waals surface area (Å²) in [5.41, 5.74) is 4.29. The minimum absolute atomic E-state index is 0. The standard InChI is InChI=1S/C16H12N.C5H8O2.CH3.Ir/c1-12-11-14-9-5-6-10-15(14)17-16(12)13-7-3-2-4-8-13;1-4(6)3-5(2)7;;/h2-7,9-11H,1H3;3,6H,1-2H3;1H3;/q-1;;-1;/b;4-3-;;. The van der Waals surface area contributed by atoms with Gasteiger partial charge in [0.2, 0.25) is 0 Å². The number of hydrogen-bond donors (Lipinski definition) is 1. The molecule has 0 fully saturated rings. The largest absolute Gasteiger partial charge is 0.512 e. The molecule has 0 amide bonds. The van der Waals surface area contributed by atoms with Gasteiger partial charge in [0.05, 0.1) is 11.3 Å². The second-order valence-corrected chi connectivity index (χ2v) is 5.52. The van der Waals surface area contributed by atoms with Gasteiger partial charge in [0, 0.05) is 26.2 Å². The Morgan fingerprint density at radius 2 is 1.77 bits per heavy atom. The van der Waals surface area contributed by atoms with E-state index in [1.165, 1.54) is 30.9 Å². The van der Waals surface area contributed by atoms with Gasteiger partial charge in [-0.3, -0.25) is 9.78 Å². The predicted octanol–water partition coefficient (Wildman–Crippen LogP) is 5.50. The van der Waals surface area contributed by atoms with Gasteiger partial charge in [-0.05, 0) is 37.9 Å². The van der Waals surface area contributed by atoms with Crippen LogP contribution < -0.4 is 0 Å². The van der Waals surface area contributed by atoms with Gasteiger partial charge in [0.25, 0.3) is 0 Å². The average molecular weight is 526 g/mol. The average Bonchev–Trinajstić information content (AvgIpc) is 2.54. The predicted molar refractivity (Wildman–Crippen MR) is 104 cm³/mol. The van der Waals surface area contributed by atoms with Crippen LogP contribution >= 0.6 is 0 Å². The van der Waals surface area contributed by atoms with Crippen LogP contribution in [0, 0.1) is 20.4 Å². The fraction of sp³-hybridized carbons (Fsp3) is 0.136. The van der Waals surface area contributed by atoms with Gasteiger partial charge < -0.3 is 12.5 Å². The number of aryl methyl sites for hydroxylation is 1. The maximum atomic E-state index is 10.0. The zero-order valence-corrected chi connectivity index (χ0v) is 17.8. The zero-order valence-electron chi connectivity index (χ0n) is 15.4. The first kappa shape index (κ1) is 23.7. The minimum Gasteiger partial charge on any atom is -0.512 e. The summed E-state index contributed by atoms with van der Waals surface area (Å²) in [6, 6.07) is 21.6. The number of allylic oxidation sites excluding steroid dienone is 2. The Bertz CT molecular complexity index is 870. The van der Waals surface area contributed by atoms with Crippen molar-refractivity contribution >= 4 is 16.7 Å². The van der Waals surface area contributed by atoms with Crippen molar-refractivity contribution in [2.45, 2.75) is 20.8 Å². The molecule has 1 aromatic heterocycles. The second kappa shape index (κ2) is 11.3. The number of benzene rings is 2. The van der Waals surface area contributed by atoms with Crippen molar-refractivity contribution in [1.29, 1.82) is 0 Å². The molecule has 3 aromatic rings. The van der Waals surface area contributed by atoms with Crippen LogP contribution in [-0.2, 0) is 24.9 Å². The third kappa shape index (κ3) is 6.91. The summed E-state index contributed by atoms with van der Waals surface area (Å²) in [4.78, 5) is 14.7. The summed E-state index contributed by atoms with van der Waals surface area (Å²) in [7, 11) is 0. The fourth-order valence-corrected chi connectivity index (χ4v) is 2.33. The summed E-state index contributed by atoms with van der Waals surface area (Å²) in [5.74, 6) is -0.0625. The zero-order chi connectivity index (χ0) is 17.5. The SMILES string of the molecule is CC(=O)/C=C(/C)O.Cc1cc2ccccc2nc1-c1[c-]cccc1.[CH3-].[Ir]. The molecule has 1 radical (unpaired) electrons. The Balaban J connectivity index is 0.000000607. The van der Waals surface area contributed by atoms with Gasteiger partial charge in [0.15, 0.2) is 5.78 Å². The molecule has 26 heavy (non-hydrogen) atoms. The van der Waals surface area contributed by atoms with Crippen molar-refractivity contribution in [2.75, 3.05) is 0 Å². The smallest absolute Gasteiger partial charge is 0.155 e. The van der Waals surface area contributed by atoms with E-state index in [2.05, 4.69) is 25.1 Å². The summed E-state index contributed by atoms with van der Waals surface area (Å²) in [6.07, 6.45) is 1.17. The van der Waals surface area contributed by atoms with E-state index in [0.717, 1.165) is 16.8 Å². The van der Waals surface area contributed by atoms with E-state index < -0.39 is 0 Å². The molecule has 0 aliphatic heterocycles. The van der Waals surface area contributed by atoms with Crippen molar-refractivity contribution in [3.63, 3.8) is 0 Å². The van der Waals surface area contributed by atoms with Crippen molar-refractivity contribution in [1.82, 2.24) is 4.98 Å². The topological polar surface area (TPSA) is 50.2 Å². The molecule has 0 saturated heterocycles. The molecule has 0 spiro atoms. The molecule has 139 valence electrons. The molecule has 2 aromatic carbocycles. The van der Waals surface area contributed by atoms with Crippen LogP contribution in [0.15, 0.2) is 66.4 Å². The quantitative estimate of drug-likeness (QED) is 0.273. The van der Waals surface area contributed by atoms with Crippen molar-refractivity contribution in [2.24, 2.45) is 0 Å². The van der Waals surface area contributed by atoms with Crippen molar-refractivity contribution < 1.29 is 30.0 Å². The first-order chi connectivity index (χ1) is 11.5. The summed E-state index contributed by atoms with van der Waals surface area (Å²) >= 11 is 0. The maximum absolute atomic E-state index is 10.0. The third-order valence-corrected chi connectivity index (χ3v) is 3.29. The molecule has 0 atom stereocenters. The van der Waals surface area contributed by atoms with E-state index >= 15 is 0 Å². The van der Waals surface area contributed by atoms with E-state index in [0.29, 0.717) is 0 Å². The normalized spacial score (nSPS) is 10.0. The van der Waals surface area contributed by atoms with E-state index in [-0.39, 0.29) is 39.1 Å². The minimum atomic E-state index is -0.125. The van der Waals surface area contributed by atoms with Gasteiger partial charge in [0.1, 0.15) is 0 Å². The number of nitrogens with zero attached hydrogens (tertiary/aromatic N) is 1. The Morgan fingerprint density at radius 3 is 2.31 bits per heavy atom. The van der Waals surface area contributed by atoms with Crippen LogP contribution in [0.25, 0.3) is 22.2 Å². The number of pyridine rings is 1. The molecule has 0 aliphatic rings. The Labute approximate surface area is 169 Å². The maximum Gasteiger partial charge on any atom is 0.155 e. The number of fused-ring (bicyclic) bond motifs is 1. The number of hydrogen-bond acceptors (Lipinski definition) is 3. The molecular formula is C22H23IrNO2-2. The Morgan fingerprint density at radius 1 is 1.12 bits per heavy atom. The number of ketones is 1. The number of carbonyl (C=O) groups excluding carboxylic acids is 1. The van der Waals surface area contributed by atoms with Crippen molar-refractivity contribution in [3.05, 3.63) is 85.5 Å². The number of para-hydroxylation sites is 1. The number of aliphatic hydroxyl groups excluding tert-OH is 1. The second-order valence-electron chi connectivity index (χ2n) is 5.52. The van der Waals surface area contributed by atoms with Gasteiger partial charge >= 0.3 is 0 Å². The first-order valence-electron chi connectivity index (χ1n) is 7.68. The van der Waals surface area contributed by atoms with Crippen LogP contribution in [0.3, 0.4) is 0 Å². The number of rotatable bonds is 2. The van der Waals surface area contributed by atoms with Gasteiger partial charge in [-0.1, -0.05) is 29.8 Å². The van der Waals surface area contributed by atoms with Gasteiger partial charge in [-0.25, -0.2) is 0 Å². The van der Waals surface area contributed by atoms with Crippen LogP contribution in [0.1, 0.15) is 19.4 Å². The van der Waals surface area contributed by atoms with E-state index in [9.17, 15) is 4.79 Å². The number of aliphatic hydroxyl groups is 1. The third-order valence-electron chi connectivity index (χ3n) is 3.29. The van der Waals surface area contributed by atoms with E-state index in [1.807, 2.05) is 42.5 Å². The fourth-order valence-electron chi connectivity index (χ4n) is 2.33. The molecule has 0 bridgehead atoms. The molecule has 1 heterocycles. The van der Waals surface area contributed by atoms with Crippen LogP contribution in [-0.4, -0.2) is 15.9 Å². The monoisotopic (exact) mass is 526 g/mol. The Hall–Kier alpha value is -2.29. The summed E-state index contributed by atoms with van der Waals surface area (Å²) in [5, 5.41) is 9.55. The van der Waals surface area contributed by atoms with Crippen LogP contribution in [0.2, 0.25) is 0 Å². The number of aromatic nitrogens is 1. The molecule has 4 heteroatoms. The molecule has 3 nitrogen and oxygen atoms in total. The van der Waals surface area contributed by atoms with Crippen LogP contribution in [0.4, 0.5) is 0 Å². The van der Waals surface area contributed by atoms with E-state index in [1.54, 1.807) is 0 Å². The molecule has 3 rings (SSSR count). The summed E-state index contributed by atoms with van der Waals surface area (Å²) < 4.78 is 0.